The molecule has 2 rings (SSSR count). The molecule has 1 aromatic heterocycles. The van der Waals surface area contributed by atoms with E-state index in [0.29, 0.717) is 29.3 Å². The number of nitrogen functional groups attached to an aromatic ring is 1. The van der Waals surface area contributed by atoms with Crippen molar-refractivity contribution in [1.29, 1.82) is 0 Å². The van der Waals surface area contributed by atoms with Gasteiger partial charge in [0.2, 0.25) is 0 Å². The number of nitrogens with two attached hydrogens (primary N) is 1. The molecule has 1 heterocycles. The highest BCUT2D eigenvalue weighted by Gasteiger charge is 2.09. The first-order chi connectivity index (χ1) is 9.10. The Morgan fingerprint density at radius 2 is 2.16 bits per heavy atom. The minimum absolute atomic E-state index is 0.205. The first-order valence-corrected chi connectivity index (χ1v) is 5.87. The molecule has 100 valence electrons. The third-order valence-corrected chi connectivity index (χ3v) is 2.71. The highest BCUT2D eigenvalue weighted by molar-refractivity contribution is 5.95. The van der Waals surface area contributed by atoms with Crippen molar-refractivity contribution in [3.63, 3.8) is 0 Å². The Bertz CT molecular complexity index is 590. The van der Waals surface area contributed by atoms with Crippen LogP contribution < -0.4 is 15.8 Å². The summed E-state index contributed by atoms with van der Waals surface area (Å²) < 4.78 is 10.4. The van der Waals surface area contributed by atoms with E-state index in [-0.39, 0.29) is 5.91 Å². The van der Waals surface area contributed by atoms with Crippen LogP contribution >= 0.6 is 0 Å². The van der Waals surface area contributed by atoms with Gasteiger partial charge < -0.3 is 20.2 Å². The SMILES string of the molecule is COc1ccc(C(=O)NCc2ccc(C)o2)cc1N. The minimum Gasteiger partial charge on any atom is -0.495 e. The van der Waals surface area contributed by atoms with Crippen molar-refractivity contribution < 1.29 is 13.9 Å². The summed E-state index contributed by atoms with van der Waals surface area (Å²) in [6.45, 7) is 2.20. The molecule has 0 aliphatic carbocycles. The second kappa shape index (κ2) is 5.48. The molecular formula is C14H16N2O3. The van der Waals surface area contributed by atoms with E-state index in [0.717, 1.165) is 5.76 Å². The maximum Gasteiger partial charge on any atom is 0.251 e. The van der Waals surface area contributed by atoms with Gasteiger partial charge in [-0.1, -0.05) is 0 Å². The van der Waals surface area contributed by atoms with Crippen LogP contribution in [0.5, 0.6) is 5.75 Å². The van der Waals surface area contributed by atoms with Crippen LogP contribution in [0.25, 0.3) is 0 Å². The number of aryl methyl sites for hydroxylation is 1. The van der Waals surface area contributed by atoms with Gasteiger partial charge in [0.25, 0.3) is 5.91 Å². The third kappa shape index (κ3) is 3.07. The van der Waals surface area contributed by atoms with Gasteiger partial charge >= 0.3 is 0 Å². The van der Waals surface area contributed by atoms with Crippen molar-refractivity contribution in [3.05, 3.63) is 47.4 Å². The van der Waals surface area contributed by atoms with Gasteiger partial charge in [0.1, 0.15) is 17.3 Å². The van der Waals surface area contributed by atoms with Gasteiger partial charge in [0.05, 0.1) is 19.3 Å². The fraction of sp³-hybridized carbons (Fsp3) is 0.214. The zero-order valence-corrected chi connectivity index (χ0v) is 10.9. The lowest BCUT2D eigenvalue weighted by Crippen LogP contribution is -2.22. The van der Waals surface area contributed by atoms with Crippen LogP contribution in [0.2, 0.25) is 0 Å². The number of methoxy groups -OCH3 is 1. The van der Waals surface area contributed by atoms with E-state index in [1.165, 1.54) is 7.11 Å². The average molecular weight is 260 g/mol. The number of carbonyl (C=O) groups excluding carboxylic acids is 1. The van der Waals surface area contributed by atoms with E-state index in [2.05, 4.69) is 5.32 Å². The number of ether oxygens (including phenoxy) is 1. The standard InChI is InChI=1S/C14H16N2O3/c1-9-3-5-11(19-9)8-16-14(17)10-4-6-13(18-2)12(15)7-10/h3-7H,8,15H2,1-2H3,(H,16,17). The molecule has 0 atom stereocenters. The zero-order chi connectivity index (χ0) is 13.8. The number of rotatable bonds is 4. The van der Waals surface area contributed by atoms with Crippen LogP contribution in [0, 0.1) is 6.92 Å². The monoisotopic (exact) mass is 260 g/mol. The van der Waals surface area contributed by atoms with Gasteiger partial charge in [-0.2, -0.15) is 0 Å². The molecule has 0 unspecified atom stereocenters. The van der Waals surface area contributed by atoms with Crippen LogP contribution in [0.1, 0.15) is 21.9 Å². The quantitative estimate of drug-likeness (QED) is 0.825. The Hall–Kier alpha value is -2.43. The Kier molecular flexibility index (Phi) is 3.75. The molecule has 0 fully saturated rings. The summed E-state index contributed by atoms with van der Waals surface area (Å²) in [7, 11) is 1.53. The number of hydrogen-bond acceptors (Lipinski definition) is 4. The normalized spacial score (nSPS) is 10.2. The summed E-state index contributed by atoms with van der Waals surface area (Å²) in [5.41, 5.74) is 6.68. The van der Waals surface area contributed by atoms with Gasteiger partial charge in [0, 0.05) is 5.56 Å². The molecule has 1 amide bonds. The van der Waals surface area contributed by atoms with Gasteiger partial charge in [-0.3, -0.25) is 4.79 Å². The van der Waals surface area contributed by atoms with Gasteiger partial charge in [0.15, 0.2) is 0 Å². The van der Waals surface area contributed by atoms with Crippen molar-refractivity contribution in [2.45, 2.75) is 13.5 Å². The number of benzene rings is 1. The molecule has 0 saturated carbocycles. The van der Waals surface area contributed by atoms with Gasteiger partial charge in [-0.15, -0.1) is 0 Å². The van der Waals surface area contributed by atoms with E-state index >= 15 is 0 Å². The number of hydrogen-bond donors (Lipinski definition) is 2. The topological polar surface area (TPSA) is 77.5 Å². The molecule has 19 heavy (non-hydrogen) atoms. The number of carbonyl (C=O) groups is 1. The van der Waals surface area contributed by atoms with E-state index in [1.807, 2.05) is 19.1 Å². The van der Waals surface area contributed by atoms with Crippen LogP contribution in [0.4, 0.5) is 5.69 Å². The Morgan fingerprint density at radius 3 is 2.74 bits per heavy atom. The molecule has 0 aliphatic heterocycles. The fourth-order valence-corrected chi connectivity index (χ4v) is 1.73. The summed E-state index contributed by atoms with van der Waals surface area (Å²) in [6.07, 6.45) is 0. The molecule has 0 bridgehead atoms. The molecule has 0 saturated heterocycles. The van der Waals surface area contributed by atoms with E-state index in [9.17, 15) is 4.79 Å². The maximum atomic E-state index is 11.9. The molecule has 0 aliphatic rings. The lowest BCUT2D eigenvalue weighted by molar-refractivity contribution is 0.0948. The van der Waals surface area contributed by atoms with Crippen LogP contribution in [-0.2, 0) is 6.54 Å². The Morgan fingerprint density at radius 1 is 1.37 bits per heavy atom. The molecule has 2 aromatic rings. The summed E-state index contributed by atoms with van der Waals surface area (Å²) in [5, 5.41) is 2.76. The van der Waals surface area contributed by atoms with E-state index in [1.54, 1.807) is 18.2 Å². The number of anilines is 1. The number of amides is 1. The van der Waals surface area contributed by atoms with Crippen molar-refractivity contribution in [3.8, 4) is 5.75 Å². The van der Waals surface area contributed by atoms with Crippen molar-refractivity contribution in [2.75, 3.05) is 12.8 Å². The third-order valence-electron chi connectivity index (χ3n) is 2.71. The van der Waals surface area contributed by atoms with Crippen molar-refractivity contribution >= 4 is 11.6 Å². The summed E-state index contributed by atoms with van der Waals surface area (Å²) >= 11 is 0. The van der Waals surface area contributed by atoms with Gasteiger partial charge in [-0.25, -0.2) is 0 Å². The number of furan rings is 1. The summed E-state index contributed by atoms with van der Waals surface area (Å²) in [5.74, 6) is 1.88. The van der Waals surface area contributed by atoms with E-state index in [4.69, 9.17) is 14.9 Å². The highest BCUT2D eigenvalue weighted by atomic mass is 16.5. The molecule has 0 spiro atoms. The second-order valence-electron chi connectivity index (χ2n) is 4.15. The lowest BCUT2D eigenvalue weighted by atomic mass is 10.1. The average Bonchev–Trinajstić information content (AvgIpc) is 2.81. The molecule has 1 aromatic carbocycles. The highest BCUT2D eigenvalue weighted by Crippen LogP contribution is 2.21. The summed E-state index contributed by atoms with van der Waals surface area (Å²) in [4.78, 5) is 11.9. The van der Waals surface area contributed by atoms with Gasteiger partial charge in [-0.05, 0) is 37.3 Å². The Balaban J connectivity index is 2.01. The molecule has 5 heteroatoms. The molecule has 3 N–H and O–H groups in total. The van der Waals surface area contributed by atoms with Crippen molar-refractivity contribution in [2.24, 2.45) is 0 Å². The van der Waals surface area contributed by atoms with Crippen LogP contribution in [0.15, 0.2) is 34.7 Å². The van der Waals surface area contributed by atoms with E-state index < -0.39 is 0 Å². The first-order valence-electron chi connectivity index (χ1n) is 5.87. The zero-order valence-electron chi connectivity index (χ0n) is 10.9. The predicted molar refractivity (Wildman–Crippen MR) is 72.0 cm³/mol. The predicted octanol–water partition coefficient (Wildman–Crippen LogP) is 2.11. The number of nitrogens with one attached hydrogen (secondary N) is 1. The molecular weight excluding hydrogens is 244 g/mol. The van der Waals surface area contributed by atoms with Crippen LogP contribution in [-0.4, -0.2) is 13.0 Å². The summed E-state index contributed by atoms with van der Waals surface area (Å²) in [6, 6.07) is 8.60. The second-order valence-corrected chi connectivity index (χ2v) is 4.15. The van der Waals surface area contributed by atoms with Crippen molar-refractivity contribution in [1.82, 2.24) is 5.32 Å². The first kappa shape index (κ1) is 13.0. The Labute approximate surface area is 111 Å². The van der Waals surface area contributed by atoms with Crippen LogP contribution in [0.3, 0.4) is 0 Å². The molecule has 0 radical (unpaired) electrons. The fourth-order valence-electron chi connectivity index (χ4n) is 1.73. The largest absolute Gasteiger partial charge is 0.495 e. The molecule has 5 nitrogen and oxygen atoms in total. The maximum absolute atomic E-state index is 11.9. The lowest BCUT2D eigenvalue weighted by Gasteiger charge is -2.07. The smallest absolute Gasteiger partial charge is 0.251 e. The minimum atomic E-state index is -0.205.